The molecule has 3 rings (SSSR count). The third kappa shape index (κ3) is 5.91. The van der Waals surface area contributed by atoms with Crippen molar-refractivity contribution in [2.45, 2.75) is 13.3 Å². The van der Waals surface area contributed by atoms with E-state index < -0.39 is 22.5 Å². The number of nitrogens with zero attached hydrogens (tertiary/aromatic N) is 2. The largest absolute Gasteiger partial charge is 0.455 e. The van der Waals surface area contributed by atoms with Crippen molar-refractivity contribution in [3.05, 3.63) is 76.0 Å². The molecule has 1 N–H and O–H groups in total. The van der Waals surface area contributed by atoms with Crippen LogP contribution < -0.4 is 9.73 Å². The minimum atomic E-state index is -3.68. The van der Waals surface area contributed by atoms with E-state index in [1.54, 1.807) is 42.5 Å². The van der Waals surface area contributed by atoms with Crippen molar-refractivity contribution >= 4 is 51.0 Å². The minimum absolute atomic E-state index is 0.377. The molecule has 0 radical (unpaired) electrons. The van der Waals surface area contributed by atoms with Gasteiger partial charge in [-0.05, 0) is 48.4 Å². The number of nitrogens with one attached hydrogen (secondary N) is 1. The number of para-hydroxylation sites is 1. The van der Waals surface area contributed by atoms with Crippen LogP contribution in [-0.4, -0.2) is 33.3 Å². The van der Waals surface area contributed by atoms with E-state index in [0.29, 0.717) is 39.2 Å². The third-order valence-electron chi connectivity index (χ3n) is 4.53. The molecule has 2 aromatic carbocycles. The van der Waals surface area contributed by atoms with Gasteiger partial charge in [0.05, 0.1) is 23.2 Å². The van der Waals surface area contributed by atoms with E-state index in [1.807, 2.05) is 19.1 Å². The Morgan fingerprint density at radius 2 is 1.91 bits per heavy atom. The van der Waals surface area contributed by atoms with Crippen LogP contribution in [0.1, 0.15) is 18.2 Å². The molecule has 32 heavy (non-hydrogen) atoms. The summed E-state index contributed by atoms with van der Waals surface area (Å²) < 4.78 is 31.3. The summed E-state index contributed by atoms with van der Waals surface area (Å²) in [5, 5.41) is 4.82. The van der Waals surface area contributed by atoms with Gasteiger partial charge in [-0.3, -0.25) is 9.10 Å². The predicted molar refractivity (Wildman–Crippen MR) is 128 cm³/mol. The van der Waals surface area contributed by atoms with E-state index in [4.69, 9.17) is 27.6 Å². The molecule has 0 fully saturated rings. The zero-order valence-electron chi connectivity index (χ0n) is 17.4. The van der Waals surface area contributed by atoms with Crippen LogP contribution in [0.15, 0.2) is 64.1 Å². The van der Waals surface area contributed by atoms with Crippen LogP contribution in [0.3, 0.4) is 0 Å². The molecule has 0 saturated heterocycles. The molecule has 0 aliphatic rings. The summed E-state index contributed by atoms with van der Waals surface area (Å²) in [7, 11) is -3.68. The van der Waals surface area contributed by atoms with Crippen LogP contribution in [0.2, 0.25) is 10.0 Å². The summed E-state index contributed by atoms with van der Waals surface area (Å²) in [4.78, 5) is 12.4. The molecule has 0 atom stereocenters. The highest BCUT2D eigenvalue weighted by molar-refractivity contribution is 7.92. The van der Waals surface area contributed by atoms with Gasteiger partial charge in [-0.25, -0.2) is 13.8 Å². The summed E-state index contributed by atoms with van der Waals surface area (Å²) in [5.74, 6) is 0.298. The van der Waals surface area contributed by atoms with E-state index in [-0.39, 0.29) is 0 Å². The molecular weight excluding hydrogens is 473 g/mol. The smallest absolute Gasteiger partial charge is 0.260 e. The van der Waals surface area contributed by atoms with Gasteiger partial charge in [-0.15, -0.1) is 0 Å². The highest BCUT2D eigenvalue weighted by Crippen LogP contribution is 2.31. The van der Waals surface area contributed by atoms with Crippen molar-refractivity contribution in [3.63, 3.8) is 0 Å². The van der Waals surface area contributed by atoms with Gasteiger partial charge in [0.25, 0.3) is 5.91 Å². The van der Waals surface area contributed by atoms with Crippen LogP contribution >= 0.6 is 23.2 Å². The van der Waals surface area contributed by atoms with Gasteiger partial charge < -0.3 is 4.42 Å². The molecule has 10 heteroatoms. The van der Waals surface area contributed by atoms with Gasteiger partial charge in [0.2, 0.25) is 10.0 Å². The van der Waals surface area contributed by atoms with E-state index in [0.717, 1.165) is 16.1 Å². The van der Waals surface area contributed by atoms with Gasteiger partial charge >= 0.3 is 0 Å². The predicted octanol–water partition coefficient (Wildman–Crippen LogP) is 4.73. The lowest BCUT2D eigenvalue weighted by atomic mass is 10.1. The second kappa shape index (κ2) is 10.2. The van der Waals surface area contributed by atoms with E-state index in [2.05, 4.69) is 10.5 Å². The topological polar surface area (TPSA) is 92.0 Å². The van der Waals surface area contributed by atoms with Gasteiger partial charge in [-0.2, -0.15) is 5.10 Å². The highest BCUT2D eigenvalue weighted by Gasteiger charge is 2.22. The molecule has 0 unspecified atom stereocenters. The number of sulfonamides is 1. The zero-order chi connectivity index (χ0) is 23.3. The van der Waals surface area contributed by atoms with Gasteiger partial charge in [-0.1, -0.05) is 48.3 Å². The number of furan rings is 1. The van der Waals surface area contributed by atoms with Crippen molar-refractivity contribution in [3.8, 4) is 11.3 Å². The molecule has 1 aromatic heterocycles. The lowest BCUT2D eigenvalue weighted by molar-refractivity contribution is -0.119. The maximum Gasteiger partial charge on any atom is 0.260 e. The zero-order valence-corrected chi connectivity index (χ0v) is 19.7. The number of carbonyl (C=O) groups excluding carboxylic acids is 1. The van der Waals surface area contributed by atoms with Crippen LogP contribution in [0, 0.1) is 0 Å². The molecule has 0 aliphatic heterocycles. The molecule has 0 spiro atoms. The molecule has 0 saturated carbocycles. The van der Waals surface area contributed by atoms with Crippen LogP contribution in [0.25, 0.3) is 11.3 Å². The minimum Gasteiger partial charge on any atom is -0.455 e. The Morgan fingerprint density at radius 3 is 2.59 bits per heavy atom. The van der Waals surface area contributed by atoms with Crippen molar-refractivity contribution in [1.29, 1.82) is 0 Å². The SMILES string of the molecule is CCc1ccccc1N(CC(=O)N/N=C\c1ccc(-c2ccc(Cl)cc2Cl)o1)S(C)(=O)=O. The molecule has 7 nitrogen and oxygen atoms in total. The molecule has 0 bridgehead atoms. The Bertz CT molecular complexity index is 1260. The number of hydrazone groups is 1. The molecule has 3 aromatic rings. The van der Waals surface area contributed by atoms with E-state index >= 15 is 0 Å². The second-order valence-electron chi connectivity index (χ2n) is 6.87. The molecule has 0 aliphatic carbocycles. The molecule has 1 heterocycles. The number of aryl methyl sites for hydroxylation is 1. The normalized spacial score (nSPS) is 11.6. The number of carbonyl (C=O) groups is 1. The van der Waals surface area contributed by atoms with E-state index in [9.17, 15) is 13.2 Å². The van der Waals surface area contributed by atoms with E-state index in [1.165, 1.54) is 6.21 Å². The number of hydrogen-bond donors (Lipinski definition) is 1. The molecule has 168 valence electrons. The number of hydrogen-bond acceptors (Lipinski definition) is 5. The quantitative estimate of drug-likeness (QED) is 0.362. The van der Waals surface area contributed by atoms with Gasteiger partial charge in [0.1, 0.15) is 18.1 Å². The maximum absolute atomic E-state index is 12.4. The second-order valence-corrected chi connectivity index (χ2v) is 9.62. The number of halogens is 2. The standard InChI is InChI=1S/C22H21Cl2N3O4S/c1-3-15-6-4-5-7-20(15)27(32(2,29)30)14-22(28)26-25-13-17-9-11-21(31-17)18-10-8-16(23)12-19(18)24/h4-13H,3,14H2,1-2H3,(H,26,28)/b25-13-. The summed E-state index contributed by atoms with van der Waals surface area (Å²) in [5.41, 5.74) is 4.28. The summed E-state index contributed by atoms with van der Waals surface area (Å²) in [6.45, 7) is 1.51. The lowest BCUT2D eigenvalue weighted by Gasteiger charge is -2.23. The van der Waals surface area contributed by atoms with Crippen molar-refractivity contribution in [2.24, 2.45) is 5.10 Å². The Morgan fingerprint density at radius 1 is 1.16 bits per heavy atom. The lowest BCUT2D eigenvalue weighted by Crippen LogP contribution is -2.39. The summed E-state index contributed by atoms with van der Waals surface area (Å²) >= 11 is 12.1. The number of anilines is 1. The Hall–Kier alpha value is -2.81. The third-order valence-corrected chi connectivity index (χ3v) is 6.21. The molecular formula is C22H21Cl2N3O4S. The average molecular weight is 494 g/mol. The first-order valence-electron chi connectivity index (χ1n) is 9.62. The fraction of sp³-hybridized carbons (Fsp3) is 0.182. The summed E-state index contributed by atoms with van der Waals surface area (Å²) in [6.07, 6.45) is 3.00. The first-order chi connectivity index (χ1) is 15.2. The number of amides is 1. The van der Waals surface area contributed by atoms with Gasteiger partial charge in [0.15, 0.2) is 0 Å². The Balaban J connectivity index is 1.69. The first-order valence-corrected chi connectivity index (χ1v) is 12.2. The van der Waals surface area contributed by atoms with Crippen molar-refractivity contribution in [2.75, 3.05) is 17.1 Å². The number of benzene rings is 2. The van der Waals surface area contributed by atoms with Crippen LogP contribution in [0.5, 0.6) is 0 Å². The van der Waals surface area contributed by atoms with Crippen molar-refractivity contribution in [1.82, 2.24) is 5.43 Å². The first kappa shape index (κ1) is 23.8. The Kier molecular flexibility index (Phi) is 7.60. The van der Waals surface area contributed by atoms with Crippen LogP contribution in [0.4, 0.5) is 5.69 Å². The fourth-order valence-corrected chi connectivity index (χ4v) is 4.41. The Labute approximate surface area is 196 Å². The monoisotopic (exact) mass is 493 g/mol. The summed E-state index contributed by atoms with van der Waals surface area (Å²) in [6, 6.07) is 15.5. The fourth-order valence-electron chi connectivity index (χ4n) is 3.02. The molecule has 1 amide bonds. The maximum atomic E-state index is 12.4. The average Bonchev–Trinajstić information content (AvgIpc) is 3.19. The number of rotatable bonds is 8. The van der Waals surface area contributed by atoms with Gasteiger partial charge in [0, 0.05) is 10.6 Å². The highest BCUT2D eigenvalue weighted by atomic mass is 35.5. The van der Waals surface area contributed by atoms with Crippen molar-refractivity contribution < 1.29 is 17.6 Å². The van der Waals surface area contributed by atoms with Crippen LogP contribution in [-0.2, 0) is 21.2 Å².